The van der Waals surface area contributed by atoms with Crippen LogP contribution in [0.15, 0.2) is 60.8 Å². The summed E-state index contributed by atoms with van der Waals surface area (Å²) in [4.78, 5) is 26.0. The molecule has 4 rings (SSSR count). The molecular formula is C27H34N6O2. The smallest absolute Gasteiger partial charge is 0.259 e. The van der Waals surface area contributed by atoms with Gasteiger partial charge in [-0.05, 0) is 43.8 Å². The van der Waals surface area contributed by atoms with Crippen molar-refractivity contribution in [1.82, 2.24) is 20.2 Å². The minimum Gasteiger partial charge on any atom is -0.486 e. The first-order valence-corrected chi connectivity index (χ1v) is 12.2. The van der Waals surface area contributed by atoms with E-state index in [9.17, 15) is 4.79 Å². The molecule has 1 aliphatic rings. The maximum atomic E-state index is 13.3. The standard InChI is InChI=1S/C27H34N6O2/c1-4-29-27-30-18-23-25(31-27)32(3)16-17-33(26(23)34)19-20-10-12-22(13-11-20)35-24(14-15-28-2)21-8-6-5-7-9-21/h5-13,18,24,28H,4,14-17,19H2,1-3H3,(H,29,30,31). The van der Waals surface area contributed by atoms with Gasteiger partial charge >= 0.3 is 0 Å². The summed E-state index contributed by atoms with van der Waals surface area (Å²) in [5.74, 6) is 1.97. The molecule has 1 aromatic heterocycles. The minimum atomic E-state index is -0.0519. The Kier molecular flexibility index (Phi) is 8.15. The average molecular weight is 475 g/mol. The Balaban J connectivity index is 1.45. The summed E-state index contributed by atoms with van der Waals surface area (Å²) in [7, 11) is 3.91. The van der Waals surface area contributed by atoms with Crippen molar-refractivity contribution in [2.75, 3.05) is 50.5 Å². The highest BCUT2D eigenvalue weighted by molar-refractivity contribution is 5.99. The number of amides is 1. The average Bonchev–Trinajstić information content (AvgIpc) is 3.00. The summed E-state index contributed by atoms with van der Waals surface area (Å²) in [6, 6.07) is 18.3. The molecule has 1 amide bonds. The van der Waals surface area contributed by atoms with Crippen LogP contribution < -0.4 is 20.3 Å². The second kappa shape index (κ2) is 11.7. The lowest BCUT2D eigenvalue weighted by Crippen LogP contribution is -2.33. The number of anilines is 2. The molecule has 1 unspecified atom stereocenters. The highest BCUT2D eigenvalue weighted by Crippen LogP contribution is 2.27. The third-order valence-electron chi connectivity index (χ3n) is 6.09. The van der Waals surface area contributed by atoms with Gasteiger partial charge in [-0.25, -0.2) is 4.98 Å². The molecule has 0 saturated carbocycles. The zero-order valence-electron chi connectivity index (χ0n) is 20.7. The van der Waals surface area contributed by atoms with Crippen molar-refractivity contribution in [3.05, 3.63) is 77.5 Å². The van der Waals surface area contributed by atoms with Crippen LogP contribution in [0.2, 0.25) is 0 Å². The number of ether oxygens (including phenoxy) is 1. The number of hydrogen-bond donors (Lipinski definition) is 2. The molecule has 2 aromatic carbocycles. The van der Waals surface area contributed by atoms with E-state index in [2.05, 4.69) is 32.7 Å². The predicted octanol–water partition coefficient (Wildman–Crippen LogP) is 3.73. The van der Waals surface area contributed by atoms with E-state index in [0.717, 1.165) is 36.4 Å². The molecule has 2 N–H and O–H groups in total. The molecule has 0 aliphatic carbocycles. The molecule has 8 heteroatoms. The first-order valence-electron chi connectivity index (χ1n) is 12.2. The number of aromatic nitrogens is 2. The summed E-state index contributed by atoms with van der Waals surface area (Å²) in [5, 5.41) is 6.32. The molecule has 184 valence electrons. The second-order valence-corrected chi connectivity index (χ2v) is 8.66. The van der Waals surface area contributed by atoms with Gasteiger partial charge < -0.3 is 25.2 Å². The van der Waals surface area contributed by atoms with Gasteiger partial charge in [-0.1, -0.05) is 42.5 Å². The number of benzene rings is 2. The lowest BCUT2D eigenvalue weighted by atomic mass is 10.1. The molecule has 0 saturated heterocycles. The first kappa shape index (κ1) is 24.5. The normalized spacial score (nSPS) is 14.3. The Labute approximate surface area is 207 Å². The Morgan fingerprint density at radius 2 is 1.86 bits per heavy atom. The van der Waals surface area contributed by atoms with Gasteiger partial charge in [0.25, 0.3) is 5.91 Å². The topological polar surface area (TPSA) is 82.6 Å². The van der Waals surface area contributed by atoms with Crippen LogP contribution in [0.25, 0.3) is 0 Å². The van der Waals surface area contributed by atoms with E-state index >= 15 is 0 Å². The monoisotopic (exact) mass is 474 g/mol. The van der Waals surface area contributed by atoms with E-state index in [0.29, 0.717) is 37.0 Å². The van der Waals surface area contributed by atoms with E-state index < -0.39 is 0 Å². The van der Waals surface area contributed by atoms with Crippen molar-refractivity contribution < 1.29 is 9.53 Å². The van der Waals surface area contributed by atoms with E-state index in [1.165, 1.54) is 0 Å². The van der Waals surface area contributed by atoms with Crippen LogP contribution in [-0.4, -0.2) is 61.0 Å². The Hall–Kier alpha value is -3.65. The molecule has 3 aromatic rings. The summed E-state index contributed by atoms with van der Waals surface area (Å²) in [6.45, 7) is 5.41. The molecule has 0 bridgehead atoms. The van der Waals surface area contributed by atoms with Gasteiger partial charge in [-0.3, -0.25) is 4.79 Å². The number of carbonyl (C=O) groups is 1. The number of carbonyl (C=O) groups excluding carboxylic acids is 1. The van der Waals surface area contributed by atoms with Crippen molar-refractivity contribution in [2.45, 2.75) is 26.0 Å². The van der Waals surface area contributed by atoms with Crippen molar-refractivity contribution in [3.63, 3.8) is 0 Å². The van der Waals surface area contributed by atoms with Gasteiger partial charge in [0.05, 0.1) is 0 Å². The minimum absolute atomic E-state index is 0.0270. The molecule has 1 aliphatic heterocycles. The third-order valence-corrected chi connectivity index (χ3v) is 6.09. The van der Waals surface area contributed by atoms with Crippen molar-refractivity contribution in [1.29, 1.82) is 0 Å². The van der Waals surface area contributed by atoms with Crippen LogP contribution in [0.3, 0.4) is 0 Å². The van der Waals surface area contributed by atoms with Crippen LogP contribution in [0, 0.1) is 0 Å². The van der Waals surface area contributed by atoms with Crippen LogP contribution >= 0.6 is 0 Å². The molecule has 2 heterocycles. The highest BCUT2D eigenvalue weighted by Gasteiger charge is 2.27. The van der Waals surface area contributed by atoms with Crippen LogP contribution in [0.5, 0.6) is 5.75 Å². The highest BCUT2D eigenvalue weighted by atomic mass is 16.5. The SMILES string of the molecule is CCNc1ncc2c(n1)N(C)CCN(Cc1ccc(OC(CCNC)c3ccccc3)cc1)C2=O. The fourth-order valence-electron chi connectivity index (χ4n) is 4.15. The first-order chi connectivity index (χ1) is 17.1. The summed E-state index contributed by atoms with van der Waals surface area (Å²) >= 11 is 0. The number of hydrogen-bond acceptors (Lipinski definition) is 7. The molecule has 35 heavy (non-hydrogen) atoms. The predicted molar refractivity (Wildman–Crippen MR) is 139 cm³/mol. The molecule has 0 fully saturated rings. The Morgan fingerprint density at radius 1 is 1.09 bits per heavy atom. The third kappa shape index (κ3) is 6.08. The maximum absolute atomic E-state index is 13.3. The van der Waals surface area contributed by atoms with Crippen LogP contribution in [-0.2, 0) is 6.54 Å². The second-order valence-electron chi connectivity index (χ2n) is 8.66. The molecule has 8 nitrogen and oxygen atoms in total. The molecule has 0 radical (unpaired) electrons. The quantitative estimate of drug-likeness (QED) is 0.463. The maximum Gasteiger partial charge on any atom is 0.259 e. The van der Waals surface area contributed by atoms with Gasteiger partial charge in [0.2, 0.25) is 5.95 Å². The number of nitrogens with zero attached hydrogens (tertiary/aromatic N) is 4. The van der Waals surface area contributed by atoms with Crippen LogP contribution in [0.1, 0.15) is 40.9 Å². The van der Waals surface area contributed by atoms with Gasteiger partial charge in [0, 0.05) is 45.8 Å². The summed E-state index contributed by atoms with van der Waals surface area (Å²) < 4.78 is 6.33. The van der Waals surface area contributed by atoms with E-state index in [4.69, 9.17) is 4.74 Å². The zero-order chi connectivity index (χ0) is 24.6. The Bertz CT molecular complexity index is 1110. The zero-order valence-corrected chi connectivity index (χ0v) is 20.7. The summed E-state index contributed by atoms with van der Waals surface area (Å²) in [5.41, 5.74) is 2.74. The van der Waals surface area contributed by atoms with Gasteiger partial charge in [-0.2, -0.15) is 4.98 Å². The fourth-order valence-corrected chi connectivity index (χ4v) is 4.15. The lowest BCUT2D eigenvalue weighted by Gasteiger charge is -2.22. The number of rotatable bonds is 10. The molecule has 1 atom stereocenters. The number of nitrogens with one attached hydrogen (secondary N) is 2. The lowest BCUT2D eigenvalue weighted by molar-refractivity contribution is 0.0754. The van der Waals surface area contributed by atoms with Gasteiger partial charge in [-0.15, -0.1) is 0 Å². The van der Waals surface area contributed by atoms with E-state index in [1.54, 1.807) is 6.20 Å². The van der Waals surface area contributed by atoms with Gasteiger partial charge in [0.1, 0.15) is 23.2 Å². The van der Waals surface area contributed by atoms with Gasteiger partial charge in [0.15, 0.2) is 0 Å². The van der Waals surface area contributed by atoms with Crippen molar-refractivity contribution in [3.8, 4) is 5.75 Å². The fraction of sp³-hybridized carbons (Fsp3) is 0.370. The largest absolute Gasteiger partial charge is 0.486 e. The number of fused-ring (bicyclic) bond motifs is 1. The van der Waals surface area contributed by atoms with Crippen LogP contribution in [0.4, 0.5) is 11.8 Å². The van der Waals surface area contributed by atoms with Crippen molar-refractivity contribution >= 4 is 17.7 Å². The molecule has 0 spiro atoms. The molecular weight excluding hydrogens is 440 g/mol. The Morgan fingerprint density at radius 3 is 2.57 bits per heavy atom. The van der Waals surface area contributed by atoms with Crippen molar-refractivity contribution in [2.24, 2.45) is 0 Å². The van der Waals surface area contributed by atoms with E-state index in [1.807, 2.05) is 73.3 Å². The van der Waals surface area contributed by atoms with E-state index in [-0.39, 0.29) is 12.0 Å². The summed E-state index contributed by atoms with van der Waals surface area (Å²) in [6.07, 6.45) is 2.47. The number of likely N-dealkylation sites (N-methyl/N-ethyl adjacent to an activating group) is 1.